The van der Waals surface area contributed by atoms with E-state index in [4.69, 9.17) is 4.74 Å². The van der Waals surface area contributed by atoms with E-state index in [1.165, 1.54) is 0 Å². The van der Waals surface area contributed by atoms with Crippen LogP contribution in [0.15, 0.2) is 0 Å². The lowest BCUT2D eigenvalue weighted by atomic mass is 10.4. The Hall–Kier alpha value is -1.28. The molecule has 7 nitrogen and oxygen atoms in total. The van der Waals surface area contributed by atoms with Crippen molar-refractivity contribution in [3.05, 3.63) is 0 Å². The maximum absolute atomic E-state index is 5.34. The third-order valence-corrected chi connectivity index (χ3v) is 3.34. The highest BCUT2D eigenvalue weighted by molar-refractivity contribution is 7.98. The number of aromatic nitrogens is 3. The van der Waals surface area contributed by atoms with Crippen molar-refractivity contribution in [2.75, 3.05) is 67.4 Å². The molecular weight excluding hydrogens is 264 g/mol. The lowest BCUT2D eigenvalue weighted by Crippen LogP contribution is -2.37. The summed E-state index contributed by atoms with van der Waals surface area (Å²) in [7, 11) is 1.81. The summed E-state index contributed by atoms with van der Waals surface area (Å²) < 4.78 is 5.34. The maximum atomic E-state index is 5.34. The van der Waals surface area contributed by atoms with E-state index < -0.39 is 0 Å². The first-order valence-corrected chi connectivity index (χ1v) is 7.72. The van der Waals surface area contributed by atoms with Crippen LogP contribution in [0.5, 0.6) is 0 Å². The first-order chi connectivity index (χ1) is 9.33. The van der Waals surface area contributed by atoms with Gasteiger partial charge in [-0.1, -0.05) is 0 Å². The van der Waals surface area contributed by atoms with E-state index >= 15 is 0 Å². The number of hydrogen-bond acceptors (Lipinski definition) is 8. The fourth-order valence-corrected chi connectivity index (χ4v) is 2.03. The zero-order valence-electron chi connectivity index (χ0n) is 11.3. The number of thioether (sulfide) groups is 1. The van der Waals surface area contributed by atoms with Gasteiger partial charge in [0.05, 0.1) is 13.2 Å². The smallest absolute Gasteiger partial charge is 0.232 e. The molecular formula is C11H20N6OS. The van der Waals surface area contributed by atoms with Crippen LogP contribution in [0.1, 0.15) is 0 Å². The van der Waals surface area contributed by atoms with Crippen molar-refractivity contribution in [3.8, 4) is 0 Å². The third-order valence-electron chi connectivity index (χ3n) is 2.73. The Morgan fingerprint density at radius 3 is 2.63 bits per heavy atom. The maximum Gasteiger partial charge on any atom is 0.232 e. The van der Waals surface area contributed by atoms with E-state index in [-0.39, 0.29) is 0 Å². The Morgan fingerprint density at radius 2 is 1.95 bits per heavy atom. The average molecular weight is 284 g/mol. The van der Waals surface area contributed by atoms with Gasteiger partial charge in [-0.3, -0.25) is 0 Å². The summed E-state index contributed by atoms with van der Waals surface area (Å²) in [4.78, 5) is 15.3. The standard InChI is InChI=1S/C11H20N6OS/c1-12-9-14-10(13-3-8-19-2)16-11(15-9)17-4-6-18-7-5-17/h3-8H2,1-2H3,(H2,12,13,14,15,16). The van der Waals surface area contributed by atoms with Crippen LogP contribution in [0.3, 0.4) is 0 Å². The molecule has 1 saturated heterocycles. The minimum absolute atomic E-state index is 0.586. The highest BCUT2D eigenvalue weighted by atomic mass is 32.2. The van der Waals surface area contributed by atoms with Crippen LogP contribution in [0, 0.1) is 0 Å². The van der Waals surface area contributed by atoms with Gasteiger partial charge in [-0.15, -0.1) is 0 Å². The summed E-state index contributed by atoms with van der Waals surface area (Å²) in [5.74, 6) is 2.93. The fourth-order valence-electron chi connectivity index (χ4n) is 1.73. The number of ether oxygens (including phenoxy) is 1. The van der Waals surface area contributed by atoms with Crippen molar-refractivity contribution in [3.63, 3.8) is 0 Å². The molecule has 0 spiro atoms. The molecule has 0 bridgehead atoms. The van der Waals surface area contributed by atoms with Crippen LogP contribution < -0.4 is 15.5 Å². The molecule has 106 valence electrons. The average Bonchev–Trinajstić information content (AvgIpc) is 2.48. The molecule has 0 saturated carbocycles. The topological polar surface area (TPSA) is 75.2 Å². The lowest BCUT2D eigenvalue weighted by molar-refractivity contribution is 0.122. The van der Waals surface area contributed by atoms with Crippen molar-refractivity contribution in [1.82, 2.24) is 15.0 Å². The van der Waals surface area contributed by atoms with Gasteiger partial charge < -0.3 is 20.3 Å². The summed E-state index contributed by atoms with van der Waals surface area (Å²) in [6, 6.07) is 0. The molecule has 8 heteroatoms. The van der Waals surface area contributed by atoms with Crippen molar-refractivity contribution < 1.29 is 4.74 Å². The molecule has 1 fully saturated rings. The van der Waals surface area contributed by atoms with Gasteiger partial charge in [0.15, 0.2) is 0 Å². The van der Waals surface area contributed by atoms with Crippen LogP contribution in [0.2, 0.25) is 0 Å². The van der Waals surface area contributed by atoms with E-state index in [0.29, 0.717) is 17.8 Å². The molecule has 0 aliphatic carbocycles. The van der Waals surface area contributed by atoms with Gasteiger partial charge in [-0.2, -0.15) is 26.7 Å². The van der Waals surface area contributed by atoms with Gasteiger partial charge >= 0.3 is 0 Å². The quantitative estimate of drug-likeness (QED) is 0.733. The Morgan fingerprint density at radius 1 is 1.21 bits per heavy atom. The zero-order valence-corrected chi connectivity index (χ0v) is 12.2. The van der Waals surface area contributed by atoms with Gasteiger partial charge in [0.25, 0.3) is 0 Å². The molecule has 0 aromatic carbocycles. The molecule has 1 aliphatic rings. The second-order valence-corrected chi connectivity index (χ2v) is 5.04. The monoisotopic (exact) mass is 284 g/mol. The predicted octanol–water partition coefficient (Wildman–Crippen LogP) is 0.525. The first kappa shape index (κ1) is 14.1. The molecule has 2 rings (SSSR count). The molecule has 2 heterocycles. The second-order valence-electron chi connectivity index (χ2n) is 4.05. The van der Waals surface area contributed by atoms with Crippen molar-refractivity contribution in [1.29, 1.82) is 0 Å². The number of nitrogens with one attached hydrogen (secondary N) is 2. The van der Waals surface area contributed by atoms with Crippen molar-refractivity contribution in [2.24, 2.45) is 0 Å². The number of anilines is 3. The molecule has 19 heavy (non-hydrogen) atoms. The van der Waals surface area contributed by atoms with Crippen LogP contribution in [0.4, 0.5) is 17.8 Å². The van der Waals surface area contributed by atoms with Gasteiger partial charge in [-0.05, 0) is 6.26 Å². The van der Waals surface area contributed by atoms with Crippen LogP contribution in [-0.2, 0) is 4.74 Å². The van der Waals surface area contributed by atoms with E-state index in [1.54, 1.807) is 11.8 Å². The van der Waals surface area contributed by atoms with Gasteiger partial charge in [-0.25, -0.2) is 0 Å². The molecule has 1 aliphatic heterocycles. The minimum Gasteiger partial charge on any atom is -0.378 e. The molecule has 0 radical (unpaired) electrons. The van der Waals surface area contributed by atoms with Gasteiger partial charge in [0, 0.05) is 32.4 Å². The second kappa shape index (κ2) is 7.34. The highest BCUT2D eigenvalue weighted by Gasteiger charge is 2.16. The Labute approximate surface area is 117 Å². The minimum atomic E-state index is 0.586. The first-order valence-electron chi connectivity index (χ1n) is 6.33. The molecule has 0 unspecified atom stereocenters. The lowest BCUT2D eigenvalue weighted by Gasteiger charge is -2.27. The van der Waals surface area contributed by atoms with Crippen LogP contribution in [0.25, 0.3) is 0 Å². The van der Waals surface area contributed by atoms with Crippen LogP contribution in [-0.4, -0.2) is 66.9 Å². The van der Waals surface area contributed by atoms with Gasteiger partial charge in [0.1, 0.15) is 0 Å². The fraction of sp³-hybridized carbons (Fsp3) is 0.727. The zero-order chi connectivity index (χ0) is 13.5. The van der Waals surface area contributed by atoms with Crippen LogP contribution >= 0.6 is 11.8 Å². The Bertz CT molecular complexity index is 399. The SMILES string of the molecule is CNc1nc(NCCSC)nc(N2CCOCC2)n1. The molecule has 2 N–H and O–H groups in total. The summed E-state index contributed by atoms with van der Waals surface area (Å²) >= 11 is 1.79. The number of hydrogen-bond donors (Lipinski definition) is 2. The largest absolute Gasteiger partial charge is 0.378 e. The number of nitrogens with zero attached hydrogens (tertiary/aromatic N) is 4. The van der Waals surface area contributed by atoms with Crippen molar-refractivity contribution in [2.45, 2.75) is 0 Å². The summed E-state index contributed by atoms with van der Waals surface area (Å²) in [5, 5.41) is 6.19. The molecule has 1 aromatic heterocycles. The third kappa shape index (κ3) is 4.10. The Balaban J connectivity index is 2.10. The summed E-state index contributed by atoms with van der Waals surface area (Å²) in [6.07, 6.45) is 2.08. The number of rotatable bonds is 6. The Kier molecular flexibility index (Phi) is 5.46. The summed E-state index contributed by atoms with van der Waals surface area (Å²) in [6.45, 7) is 3.91. The van der Waals surface area contributed by atoms with E-state index in [9.17, 15) is 0 Å². The molecule has 1 aromatic rings. The van der Waals surface area contributed by atoms with E-state index in [1.807, 2.05) is 7.05 Å². The predicted molar refractivity (Wildman–Crippen MR) is 79.3 cm³/mol. The van der Waals surface area contributed by atoms with Gasteiger partial charge in [0.2, 0.25) is 17.8 Å². The normalized spacial score (nSPS) is 15.4. The molecule has 0 atom stereocenters. The number of morpholine rings is 1. The van der Waals surface area contributed by atoms with E-state index in [2.05, 4.69) is 36.7 Å². The molecule has 0 amide bonds. The highest BCUT2D eigenvalue weighted by Crippen LogP contribution is 2.14. The van der Waals surface area contributed by atoms with Crippen molar-refractivity contribution >= 4 is 29.6 Å². The van der Waals surface area contributed by atoms with E-state index in [0.717, 1.165) is 38.6 Å². The summed E-state index contributed by atoms with van der Waals surface area (Å²) in [5.41, 5.74) is 0.